The summed E-state index contributed by atoms with van der Waals surface area (Å²) in [5.74, 6) is -0.720. The van der Waals surface area contributed by atoms with Gasteiger partial charge in [-0.1, -0.05) is 120 Å². The van der Waals surface area contributed by atoms with Crippen molar-refractivity contribution in [3.8, 4) is 0 Å². The zero-order valence-electron chi connectivity index (χ0n) is 47.2. The first-order chi connectivity index (χ1) is 34.7. The Morgan fingerprint density at radius 3 is 1.54 bits per heavy atom. The van der Waals surface area contributed by atoms with E-state index in [1.165, 1.54) is 23.1 Å². The number of likely N-dealkylation sites (tertiary alicyclic amines) is 2. The molecule has 74 heavy (non-hydrogen) atoms. The number of ether oxygens (including phenoxy) is 1. The zero-order valence-corrected chi connectivity index (χ0v) is 47.2. The van der Waals surface area contributed by atoms with Gasteiger partial charge < -0.3 is 35.4 Å². The number of hydrogen-bond acceptors (Lipinski definition) is 9. The number of amides is 6. The number of likely N-dealkylation sites (N-methyl/N-ethyl adjacent to an activating group) is 2. The molecule has 0 aromatic heterocycles. The smallest absolute Gasteiger partial charge is 0.410 e. The third kappa shape index (κ3) is 18.5. The van der Waals surface area contributed by atoms with Crippen LogP contribution in [0.2, 0.25) is 0 Å². The van der Waals surface area contributed by atoms with Crippen molar-refractivity contribution in [1.82, 2.24) is 40.4 Å². The standard InChI is InChI=1S/C31H44N4O3.C28H46N4O4/c1-23(33(5)6)28(36)32-27(31(2,3)4)30(38)35-20-13-18-26(35)22-34(21-19-24-14-9-7-10-15-24)29(37)25-16-11-8-12-17-25;1-20(31(8)26(35)36-28(5,6)7)24(33)30-23(27(2,3)4)25(34)32-18-12-15-22(32)19-29-17-16-21-13-10-9-11-14-21/h7-12,14-17,23,26-27H,13,18-22H2,1-6H3,(H,32,36);9-11,13-14,20,22-23,29H,12,15-19H2,1-8H3,(H,30,33)/t23-,26-,27+;20-,22-,23+/m00/s1. The van der Waals surface area contributed by atoms with Crippen molar-refractivity contribution in [2.24, 2.45) is 10.8 Å². The molecule has 0 aliphatic carbocycles. The Morgan fingerprint density at radius 2 is 1.07 bits per heavy atom. The lowest BCUT2D eigenvalue weighted by atomic mass is 9.85. The fraction of sp³-hybridized carbons (Fsp3) is 0.593. The Balaban J connectivity index is 0.000000321. The van der Waals surface area contributed by atoms with Crippen molar-refractivity contribution in [3.63, 3.8) is 0 Å². The Kier molecular flexibility index (Phi) is 22.7. The molecule has 2 fully saturated rings. The summed E-state index contributed by atoms with van der Waals surface area (Å²) in [5, 5.41) is 9.48. The molecule has 5 rings (SSSR count). The number of nitrogens with zero attached hydrogens (tertiary/aromatic N) is 5. The molecule has 2 aliphatic rings. The quantitative estimate of drug-likeness (QED) is 0.104. The largest absolute Gasteiger partial charge is 0.444 e. The summed E-state index contributed by atoms with van der Waals surface area (Å²) in [7, 11) is 5.23. The van der Waals surface area contributed by atoms with Crippen LogP contribution in [0.1, 0.15) is 123 Å². The number of nitrogens with one attached hydrogen (secondary N) is 3. The third-order valence-electron chi connectivity index (χ3n) is 14.0. The van der Waals surface area contributed by atoms with Crippen LogP contribution < -0.4 is 16.0 Å². The van der Waals surface area contributed by atoms with Gasteiger partial charge in [0.15, 0.2) is 0 Å². The molecule has 0 spiro atoms. The fourth-order valence-electron chi connectivity index (χ4n) is 9.06. The molecule has 3 N–H and O–H groups in total. The highest BCUT2D eigenvalue weighted by molar-refractivity contribution is 5.95. The van der Waals surface area contributed by atoms with E-state index in [0.717, 1.165) is 51.6 Å². The van der Waals surface area contributed by atoms with Crippen LogP contribution in [0.25, 0.3) is 0 Å². The van der Waals surface area contributed by atoms with Gasteiger partial charge in [0, 0.05) is 57.4 Å². The topological polar surface area (TPSA) is 164 Å². The molecule has 3 aromatic rings. The molecule has 0 bridgehead atoms. The Bertz CT molecular complexity index is 2260. The maximum atomic E-state index is 13.9. The van der Waals surface area contributed by atoms with Gasteiger partial charge in [-0.2, -0.15) is 0 Å². The Labute approximate surface area is 443 Å². The van der Waals surface area contributed by atoms with E-state index in [2.05, 4.69) is 40.2 Å². The number of benzene rings is 3. The van der Waals surface area contributed by atoms with Gasteiger partial charge in [0.1, 0.15) is 23.7 Å². The van der Waals surface area contributed by atoms with Crippen LogP contribution in [-0.4, -0.2) is 162 Å². The Morgan fingerprint density at radius 1 is 0.622 bits per heavy atom. The number of rotatable bonds is 19. The van der Waals surface area contributed by atoms with Crippen molar-refractivity contribution in [3.05, 3.63) is 108 Å². The summed E-state index contributed by atoms with van der Waals surface area (Å²) in [4.78, 5) is 88.4. The summed E-state index contributed by atoms with van der Waals surface area (Å²) in [6.45, 7) is 24.5. The van der Waals surface area contributed by atoms with E-state index < -0.39 is 40.6 Å². The second kappa shape index (κ2) is 27.7. The highest BCUT2D eigenvalue weighted by atomic mass is 16.6. The fourth-order valence-corrected chi connectivity index (χ4v) is 9.06. The lowest BCUT2D eigenvalue weighted by molar-refractivity contribution is -0.141. The van der Waals surface area contributed by atoms with Crippen molar-refractivity contribution in [1.29, 1.82) is 0 Å². The van der Waals surface area contributed by atoms with Crippen LogP contribution >= 0.6 is 0 Å². The van der Waals surface area contributed by atoms with Crippen LogP contribution in [0, 0.1) is 10.8 Å². The lowest BCUT2D eigenvalue weighted by Gasteiger charge is -2.38. The van der Waals surface area contributed by atoms with Gasteiger partial charge in [-0.05, 0) is 128 Å². The molecule has 0 saturated carbocycles. The summed E-state index contributed by atoms with van der Waals surface area (Å²) >= 11 is 0. The minimum absolute atomic E-state index is 0.0266. The maximum Gasteiger partial charge on any atom is 0.410 e. The second-order valence-corrected chi connectivity index (χ2v) is 23.5. The van der Waals surface area contributed by atoms with Gasteiger partial charge in [0.05, 0.1) is 6.04 Å². The molecule has 2 heterocycles. The highest BCUT2D eigenvalue weighted by Gasteiger charge is 2.43. The molecular weight excluding hydrogens is 933 g/mol. The summed E-state index contributed by atoms with van der Waals surface area (Å²) in [6.07, 6.45) is 4.68. The van der Waals surface area contributed by atoms with Gasteiger partial charge in [0.2, 0.25) is 23.6 Å². The molecule has 2 aliphatic heterocycles. The van der Waals surface area contributed by atoms with E-state index in [0.29, 0.717) is 31.7 Å². The van der Waals surface area contributed by atoms with Crippen LogP contribution in [0.5, 0.6) is 0 Å². The number of carbonyl (C=O) groups is 6. The third-order valence-corrected chi connectivity index (χ3v) is 14.0. The van der Waals surface area contributed by atoms with Crippen LogP contribution in [-0.2, 0) is 36.8 Å². The first-order valence-corrected chi connectivity index (χ1v) is 26.7. The van der Waals surface area contributed by atoms with E-state index in [9.17, 15) is 28.8 Å². The summed E-state index contributed by atoms with van der Waals surface area (Å²) < 4.78 is 5.39. The SMILES string of the molecule is C[C@@H](C(=O)N[C@H](C(=O)N1CCC[C@H]1CN(CCc1ccccc1)C(=O)c1ccccc1)C(C)(C)C)N(C)C.C[C@@H](C(=O)N[C@H](C(=O)N1CCC[C@H]1CNCCc1ccccc1)C(C)(C)C)N(C)C(=O)OC(C)(C)C. The second-order valence-electron chi connectivity index (χ2n) is 23.5. The van der Waals surface area contributed by atoms with Crippen molar-refractivity contribution >= 4 is 35.6 Å². The molecule has 408 valence electrons. The minimum atomic E-state index is -0.786. The van der Waals surface area contributed by atoms with Crippen LogP contribution in [0.15, 0.2) is 91.0 Å². The molecule has 6 atom stereocenters. The molecule has 0 unspecified atom stereocenters. The summed E-state index contributed by atoms with van der Waals surface area (Å²) in [5.41, 5.74) is 1.48. The monoisotopic (exact) mass is 1020 g/mol. The van der Waals surface area contributed by atoms with Crippen molar-refractivity contribution < 1.29 is 33.5 Å². The van der Waals surface area contributed by atoms with E-state index in [4.69, 9.17) is 4.74 Å². The zero-order chi connectivity index (χ0) is 55.0. The number of hydrogen-bond donors (Lipinski definition) is 3. The molecule has 15 heteroatoms. The molecule has 0 radical (unpaired) electrons. The van der Waals surface area contributed by atoms with Gasteiger partial charge >= 0.3 is 6.09 Å². The van der Waals surface area contributed by atoms with Crippen molar-refractivity contribution in [2.75, 3.05) is 60.4 Å². The molecule has 15 nitrogen and oxygen atoms in total. The number of carbonyl (C=O) groups excluding carboxylic acids is 6. The average Bonchev–Trinajstić information content (AvgIpc) is 4.03. The highest BCUT2D eigenvalue weighted by Crippen LogP contribution is 2.28. The van der Waals surface area contributed by atoms with Gasteiger partial charge in [0.25, 0.3) is 5.91 Å². The maximum absolute atomic E-state index is 13.9. The molecular formula is C59H90N8O7. The van der Waals surface area contributed by atoms with E-state index in [-0.39, 0.29) is 47.7 Å². The first kappa shape index (κ1) is 60.8. The lowest BCUT2D eigenvalue weighted by Crippen LogP contribution is -2.59. The molecule has 3 aromatic carbocycles. The normalized spacial score (nSPS) is 17.6. The van der Waals surface area contributed by atoms with E-state index in [1.807, 2.05) is 149 Å². The minimum Gasteiger partial charge on any atom is -0.444 e. The van der Waals surface area contributed by atoms with Crippen LogP contribution in [0.3, 0.4) is 0 Å². The van der Waals surface area contributed by atoms with Crippen LogP contribution in [0.4, 0.5) is 4.79 Å². The summed E-state index contributed by atoms with van der Waals surface area (Å²) in [6, 6.07) is 27.3. The Hall–Kier alpha value is -5.80. The van der Waals surface area contributed by atoms with Gasteiger partial charge in [-0.3, -0.25) is 33.8 Å². The van der Waals surface area contributed by atoms with Crippen molar-refractivity contribution in [2.45, 2.75) is 157 Å². The predicted octanol–water partition coefficient (Wildman–Crippen LogP) is 7.44. The van der Waals surface area contributed by atoms with Gasteiger partial charge in [-0.25, -0.2) is 4.79 Å². The predicted molar refractivity (Wildman–Crippen MR) is 294 cm³/mol. The average molecular weight is 1020 g/mol. The first-order valence-electron chi connectivity index (χ1n) is 26.7. The molecule has 2 saturated heterocycles. The van der Waals surface area contributed by atoms with Gasteiger partial charge in [-0.15, -0.1) is 0 Å². The molecule has 6 amide bonds. The van der Waals surface area contributed by atoms with E-state index in [1.54, 1.807) is 27.7 Å². The van der Waals surface area contributed by atoms with E-state index >= 15 is 0 Å².